The van der Waals surface area contributed by atoms with Gasteiger partial charge in [-0.15, -0.1) is 10.2 Å². The molecule has 0 amide bonds. The Labute approximate surface area is 168 Å². The molecule has 0 atom stereocenters. The van der Waals surface area contributed by atoms with E-state index in [1.807, 2.05) is 25.1 Å². The van der Waals surface area contributed by atoms with E-state index in [2.05, 4.69) is 20.5 Å². The molecule has 0 spiro atoms. The lowest BCUT2D eigenvalue weighted by Crippen LogP contribution is -2.22. The highest BCUT2D eigenvalue weighted by Gasteiger charge is 2.18. The number of aromatic amines is 1. The number of H-pyrrole nitrogens is 1. The third kappa shape index (κ3) is 3.88. The van der Waals surface area contributed by atoms with Gasteiger partial charge in [-0.05, 0) is 42.9 Å². The number of sulfonamides is 1. The van der Waals surface area contributed by atoms with Gasteiger partial charge in [-0.3, -0.25) is 0 Å². The molecule has 0 unspecified atom stereocenters. The molecule has 0 bridgehead atoms. The molecule has 0 radical (unpaired) electrons. The molecule has 0 aliphatic carbocycles. The highest BCUT2D eigenvalue weighted by atomic mass is 32.2. The average Bonchev–Trinajstić information content (AvgIpc) is 2.96. The van der Waals surface area contributed by atoms with Gasteiger partial charge in [0.15, 0.2) is 5.69 Å². The number of aromatic nitrogens is 1. The predicted molar refractivity (Wildman–Crippen MR) is 113 cm³/mol. The Bertz CT molecular complexity index is 1180. The van der Waals surface area contributed by atoms with Crippen LogP contribution >= 0.6 is 12.2 Å². The number of aromatic hydroxyl groups is 1. The number of azo groups is 1. The van der Waals surface area contributed by atoms with Crippen LogP contribution in [0, 0.1) is 6.92 Å². The Morgan fingerprint density at radius 1 is 1.21 bits per heavy atom. The summed E-state index contributed by atoms with van der Waals surface area (Å²) in [6.45, 7) is 1.82. The Balaban J connectivity index is 1.85. The average molecular weight is 418 g/mol. The molecule has 3 N–H and O–H groups in total. The van der Waals surface area contributed by atoms with Crippen molar-refractivity contribution in [3.63, 3.8) is 0 Å². The van der Waals surface area contributed by atoms with Crippen LogP contribution in [0.5, 0.6) is 5.88 Å². The first-order valence-corrected chi connectivity index (χ1v) is 10.1. The van der Waals surface area contributed by atoms with E-state index in [1.54, 1.807) is 12.1 Å². The number of hydrogen-bond acceptors (Lipinski definition) is 5. The summed E-state index contributed by atoms with van der Waals surface area (Å²) >= 11 is 5.20. The number of nitrogens with one attached hydrogen (secondary N) is 2. The van der Waals surface area contributed by atoms with E-state index in [-0.39, 0.29) is 21.6 Å². The van der Waals surface area contributed by atoms with Crippen LogP contribution in [0.3, 0.4) is 0 Å². The van der Waals surface area contributed by atoms with Crippen LogP contribution in [0.4, 0.5) is 11.4 Å². The fraction of sp³-hybridized carbons (Fsp3) is 0.167. The van der Waals surface area contributed by atoms with Crippen molar-refractivity contribution in [2.45, 2.75) is 11.8 Å². The van der Waals surface area contributed by atoms with Crippen LogP contribution in [0.1, 0.15) is 5.56 Å². The Morgan fingerprint density at radius 3 is 2.64 bits per heavy atom. The summed E-state index contributed by atoms with van der Waals surface area (Å²) in [5.74, 6) is -0.108. The van der Waals surface area contributed by atoms with E-state index in [0.717, 1.165) is 15.4 Å². The van der Waals surface area contributed by atoms with Crippen molar-refractivity contribution in [1.82, 2.24) is 9.29 Å². The lowest BCUT2D eigenvalue weighted by molar-refractivity contribution is 0.459. The van der Waals surface area contributed by atoms with Crippen molar-refractivity contribution < 1.29 is 13.5 Å². The first kappa shape index (κ1) is 19.9. The van der Waals surface area contributed by atoms with Gasteiger partial charge in [0.05, 0.1) is 10.4 Å². The normalized spacial score (nSPS) is 12.1. The molecule has 8 nitrogen and oxygen atoms in total. The fourth-order valence-electron chi connectivity index (χ4n) is 2.56. The second-order valence-corrected chi connectivity index (χ2v) is 8.80. The van der Waals surface area contributed by atoms with Crippen molar-refractivity contribution >= 4 is 49.6 Å². The molecule has 0 aliphatic rings. The minimum Gasteiger partial charge on any atom is -0.493 e. The summed E-state index contributed by atoms with van der Waals surface area (Å²) in [6, 6.07) is 12.0. The van der Waals surface area contributed by atoms with Crippen LogP contribution < -0.4 is 5.32 Å². The number of para-hydroxylation sites is 1. The second kappa shape index (κ2) is 7.66. The van der Waals surface area contributed by atoms with Gasteiger partial charge in [0.1, 0.15) is 0 Å². The molecule has 1 aromatic heterocycles. The quantitative estimate of drug-likeness (QED) is 0.440. The first-order chi connectivity index (χ1) is 13.2. The summed E-state index contributed by atoms with van der Waals surface area (Å²) in [4.78, 5) is 2.95. The molecule has 3 rings (SSSR count). The minimum atomic E-state index is -3.57. The number of aryl methyl sites for hydroxylation is 1. The minimum absolute atomic E-state index is 0.0344. The molecule has 28 heavy (non-hydrogen) atoms. The molecule has 2 aromatic carbocycles. The van der Waals surface area contributed by atoms with Crippen LogP contribution in [-0.4, -0.2) is 42.0 Å². The summed E-state index contributed by atoms with van der Waals surface area (Å²) in [6.07, 6.45) is 0. The molecule has 0 fully saturated rings. The van der Waals surface area contributed by atoms with Gasteiger partial charge in [0.2, 0.25) is 21.0 Å². The Kier molecular flexibility index (Phi) is 5.45. The van der Waals surface area contributed by atoms with Gasteiger partial charge in [-0.25, -0.2) is 12.7 Å². The van der Waals surface area contributed by atoms with Crippen molar-refractivity contribution in [3.8, 4) is 5.88 Å². The Hall–Kier alpha value is -2.82. The molecule has 3 aromatic rings. The van der Waals surface area contributed by atoms with E-state index in [9.17, 15) is 13.5 Å². The third-order valence-electron chi connectivity index (χ3n) is 4.13. The third-order valence-corrected chi connectivity index (χ3v) is 6.12. The molecule has 0 saturated heterocycles. The number of fused-ring (bicyclic) bond motifs is 1. The van der Waals surface area contributed by atoms with E-state index < -0.39 is 10.0 Å². The largest absolute Gasteiger partial charge is 0.493 e. The maximum Gasteiger partial charge on any atom is 0.242 e. The zero-order valence-corrected chi connectivity index (χ0v) is 17.1. The molecule has 10 heteroatoms. The standard InChI is InChI=1S/C18H19N5O3S2/c1-11-8-9-12(28(25,26)23(2)3)10-15(11)20-18(27)22-21-16-13-6-4-5-7-14(13)19-17(16)24/h4-10,19,24H,1-3H3,(H,20,27). The number of rotatable bonds is 4. The van der Waals surface area contributed by atoms with Crippen LogP contribution in [0.25, 0.3) is 10.9 Å². The van der Waals surface area contributed by atoms with E-state index in [1.165, 1.54) is 26.2 Å². The highest BCUT2D eigenvalue weighted by molar-refractivity contribution is 7.89. The lowest BCUT2D eigenvalue weighted by atomic mass is 10.2. The van der Waals surface area contributed by atoms with Gasteiger partial charge in [0.25, 0.3) is 0 Å². The predicted octanol–water partition coefficient (Wildman–Crippen LogP) is 3.91. The van der Waals surface area contributed by atoms with Crippen molar-refractivity contribution in [1.29, 1.82) is 0 Å². The van der Waals surface area contributed by atoms with Crippen LogP contribution in [-0.2, 0) is 10.0 Å². The zero-order valence-electron chi connectivity index (χ0n) is 15.5. The van der Waals surface area contributed by atoms with Gasteiger partial charge >= 0.3 is 0 Å². The summed E-state index contributed by atoms with van der Waals surface area (Å²) in [7, 11) is -0.637. The van der Waals surface area contributed by atoms with Crippen molar-refractivity contribution in [3.05, 3.63) is 48.0 Å². The van der Waals surface area contributed by atoms with Gasteiger partial charge in [-0.2, -0.15) is 0 Å². The van der Waals surface area contributed by atoms with E-state index in [0.29, 0.717) is 11.1 Å². The Morgan fingerprint density at radius 2 is 1.93 bits per heavy atom. The van der Waals surface area contributed by atoms with Crippen LogP contribution in [0.2, 0.25) is 0 Å². The molecule has 0 aliphatic heterocycles. The maximum absolute atomic E-state index is 12.3. The van der Waals surface area contributed by atoms with Crippen molar-refractivity contribution in [2.24, 2.45) is 10.2 Å². The number of benzene rings is 2. The summed E-state index contributed by atoms with van der Waals surface area (Å²) in [5, 5.41) is 21.6. The molecular formula is C18H19N5O3S2. The number of hydrogen-bond donors (Lipinski definition) is 3. The SMILES string of the molecule is Cc1ccc(S(=O)(=O)N(C)C)cc1NC(=S)N=Nc1c(O)[nH]c2ccccc12. The molecule has 0 saturated carbocycles. The van der Waals surface area contributed by atoms with E-state index >= 15 is 0 Å². The zero-order chi connectivity index (χ0) is 20.5. The second-order valence-electron chi connectivity index (χ2n) is 6.26. The highest BCUT2D eigenvalue weighted by Crippen LogP contribution is 2.35. The lowest BCUT2D eigenvalue weighted by Gasteiger charge is -2.14. The topological polar surface area (TPSA) is 110 Å². The molecular weight excluding hydrogens is 398 g/mol. The van der Waals surface area contributed by atoms with Gasteiger partial charge in [0, 0.05) is 25.2 Å². The summed E-state index contributed by atoms with van der Waals surface area (Å²) < 4.78 is 25.8. The van der Waals surface area contributed by atoms with Gasteiger partial charge < -0.3 is 15.4 Å². The number of nitrogens with zero attached hydrogens (tertiary/aromatic N) is 3. The first-order valence-electron chi connectivity index (χ1n) is 8.25. The van der Waals surface area contributed by atoms with Crippen LogP contribution in [0.15, 0.2) is 57.6 Å². The fourth-order valence-corrected chi connectivity index (χ4v) is 3.64. The van der Waals surface area contributed by atoms with Crippen molar-refractivity contribution in [2.75, 3.05) is 19.4 Å². The monoisotopic (exact) mass is 417 g/mol. The molecule has 1 heterocycles. The van der Waals surface area contributed by atoms with Gasteiger partial charge in [-0.1, -0.05) is 24.3 Å². The maximum atomic E-state index is 12.3. The number of thiocarbonyl (C=S) groups is 1. The summed E-state index contributed by atoms with van der Waals surface area (Å²) in [5.41, 5.74) is 2.31. The smallest absolute Gasteiger partial charge is 0.242 e. The van der Waals surface area contributed by atoms with E-state index in [4.69, 9.17) is 12.2 Å². The number of anilines is 1. The molecule has 146 valence electrons.